The van der Waals surface area contributed by atoms with Crippen molar-refractivity contribution in [2.45, 2.75) is 13.0 Å². The molecule has 2 N–H and O–H groups in total. The van der Waals surface area contributed by atoms with E-state index in [1.165, 1.54) is 0 Å². The molecule has 0 aliphatic rings. The average Bonchev–Trinajstić information content (AvgIpc) is 2.04. The van der Waals surface area contributed by atoms with Crippen molar-refractivity contribution in [1.82, 2.24) is 5.32 Å². The molecule has 0 bridgehead atoms. The predicted octanol–water partition coefficient (Wildman–Crippen LogP) is 2.67. The number of carbonyl (C=O) groups is 1. The highest BCUT2D eigenvalue weighted by Gasteiger charge is 2.06. The van der Waals surface area contributed by atoms with Crippen LogP contribution in [-0.2, 0) is 0 Å². The summed E-state index contributed by atoms with van der Waals surface area (Å²) < 4.78 is 0. The van der Waals surface area contributed by atoms with Crippen LogP contribution in [0.4, 0.5) is 4.79 Å². The number of carboxylic acid groups (broad SMARTS) is 1. The molecule has 1 aromatic rings. The van der Waals surface area contributed by atoms with Gasteiger partial charge in [-0.2, -0.15) is 0 Å². The van der Waals surface area contributed by atoms with Crippen molar-refractivity contribution in [2.24, 2.45) is 0 Å². The van der Waals surface area contributed by atoms with Gasteiger partial charge in [-0.3, -0.25) is 0 Å². The van der Waals surface area contributed by atoms with Crippen LogP contribution >= 0.6 is 11.6 Å². The van der Waals surface area contributed by atoms with E-state index in [0.29, 0.717) is 5.02 Å². The molecule has 1 atom stereocenters. The molecule has 0 aliphatic heterocycles. The Morgan fingerprint density at radius 1 is 1.46 bits per heavy atom. The van der Waals surface area contributed by atoms with Crippen molar-refractivity contribution in [1.29, 1.82) is 0 Å². The zero-order valence-electron chi connectivity index (χ0n) is 7.12. The number of rotatable bonds is 2. The Morgan fingerprint density at radius 2 is 2.00 bits per heavy atom. The Morgan fingerprint density at radius 3 is 2.46 bits per heavy atom. The van der Waals surface area contributed by atoms with Gasteiger partial charge in [0, 0.05) is 5.02 Å². The molecule has 0 fully saturated rings. The van der Waals surface area contributed by atoms with Crippen LogP contribution in [0.5, 0.6) is 0 Å². The molecule has 13 heavy (non-hydrogen) atoms. The van der Waals surface area contributed by atoms with Crippen LogP contribution in [0.3, 0.4) is 0 Å². The van der Waals surface area contributed by atoms with Gasteiger partial charge in [0.15, 0.2) is 0 Å². The van der Waals surface area contributed by atoms with E-state index >= 15 is 0 Å². The summed E-state index contributed by atoms with van der Waals surface area (Å²) in [6, 6.07) is 6.84. The smallest absolute Gasteiger partial charge is 0.405 e. The number of hydrogen-bond donors (Lipinski definition) is 2. The third-order valence-corrected chi connectivity index (χ3v) is 1.96. The quantitative estimate of drug-likeness (QED) is 0.770. The second-order valence-corrected chi connectivity index (χ2v) is 3.16. The first-order valence-electron chi connectivity index (χ1n) is 3.84. The Labute approximate surface area is 81.3 Å². The lowest BCUT2D eigenvalue weighted by Crippen LogP contribution is -2.24. The third kappa shape index (κ3) is 2.95. The number of nitrogens with one attached hydrogen (secondary N) is 1. The highest BCUT2D eigenvalue weighted by Crippen LogP contribution is 2.15. The fraction of sp³-hybridized carbons (Fsp3) is 0.222. The first-order valence-corrected chi connectivity index (χ1v) is 4.22. The molecule has 0 saturated heterocycles. The summed E-state index contributed by atoms with van der Waals surface area (Å²) in [5.41, 5.74) is 0.895. The minimum atomic E-state index is -1.03. The number of benzene rings is 1. The van der Waals surface area contributed by atoms with Gasteiger partial charge in [0.25, 0.3) is 0 Å². The van der Waals surface area contributed by atoms with Gasteiger partial charge in [0.05, 0.1) is 6.04 Å². The summed E-state index contributed by atoms with van der Waals surface area (Å²) in [5, 5.41) is 11.5. The first-order chi connectivity index (χ1) is 6.09. The van der Waals surface area contributed by atoms with Crippen molar-refractivity contribution in [3.05, 3.63) is 34.9 Å². The van der Waals surface area contributed by atoms with E-state index in [-0.39, 0.29) is 6.04 Å². The SMILES string of the molecule is CC(NC(=O)O)c1ccc(Cl)cc1. The number of halogens is 1. The topological polar surface area (TPSA) is 49.3 Å². The molecular formula is C9H10ClNO2. The summed E-state index contributed by atoms with van der Waals surface area (Å²) in [5.74, 6) is 0. The monoisotopic (exact) mass is 199 g/mol. The molecule has 4 heteroatoms. The van der Waals surface area contributed by atoms with E-state index in [1.807, 2.05) is 0 Å². The Balaban J connectivity index is 2.71. The van der Waals surface area contributed by atoms with Crippen LogP contribution in [0, 0.1) is 0 Å². The largest absolute Gasteiger partial charge is 0.465 e. The minimum Gasteiger partial charge on any atom is -0.465 e. The van der Waals surface area contributed by atoms with Gasteiger partial charge in [-0.25, -0.2) is 4.79 Å². The van der Waals surface area contributed by atoms with Gasteiger partial charge >= 0.3 is 6.09 Å². The van der Waals surface area contributed by atoms with Crippen molar-refractivity contribution in [3.63, 3.8) is 0 Å². The molecule has 0 radical (unpaired) electrons. The van der Waals surface area contributed by atoms with Crippen molar-refractivity contribution >= 4 is 17.7 Å². The maximum atomic E-state index is 10.3. The lowest BCUT2D eigenvalue weighted by molar-refractivity contribution is 0.191. The van der Waals surface area contributed by atoms with Gasteiger partial charge in [-0.05, 0) is 24.6 Å². The summed E-state index contributed by atoms with van der Waals surface area (Å²) in [4.78, 5) is 10.3. The van der Waals surface area contributed by atoms with Gasteiger partial charge < -0.3 is 10.4 Å². The van der Waals surface area contributed by atoms with Crippen LogP contribution in [0.2, 0.25) is 5.02 Å². The zero-order valence-corrected chi connectivity index (χ0v) is 7.88. The van der Waals surface area contributed by atoms with E-state index in [4.69, 9.17) is 16.7 Å². The maximum absolute atomic E-state index is 10.3. The zero-order chi connectivity index (χ0) is 9.84. The summed E-state index contributed by atoms with van der Waals surface area (Å²) >= 11 is 5.69. The van der Waals surface area contributed by atoms with Crippen LogP contribution in [-0.4, -0.2) is 11.2 Å². The van der Waals surface area contributed by atoms with Crippen molar-refractivity contribution in [2.75, 3.05) is 0 Å². The van der Waals surface area contributed by atoms with Gasteiger partial charge in [-0.1, -0.05) is 23.7 Å². The Bertz CT molecular complexity index is 297. The molecule has 1 rings (SSSR count). The Hall–Kier alpha value is -1.22. The molecule has 0 spiro atoms. The summed E-state index contributed by atoms with van der Waals surface area (Å²) in [6.45, 7) is 1.78. The molecule has 70 valence electrons. The maximum Gasteiger partial charge on any atom is 0.405 e. The fourth-order valence-electron chi connectivity index (χ4n) is 1.02. The van der Waals surface area contributed by atoms with E-state index in [9.17, 15) is 4.79 Å². The number of amides is 1. The highest BCUT2D eigenvalue weighted by molar-refractivity contribution is 6.30. The second-order valence-electron chi connectivity index (χ2n) is 2.72. The second kappa shape index (κ2) is 4.14. The van der Waals surface area contributed by atoms with E-state index < -0.39 is 6.09 Å². The molecular weight excluding hydrogens is 190 g/mol. The summed E-state index contributed by atoms with van der Waals surface area (Å²) in [7, 11) is 0. The molecule has 0 saturated carbocycles. The molecule has 1 amide bonds. The fourth-order valence-corrected chi connectivity index (χ4v) is 1.15. The first kappa shape index (κ1) is 9.86. The molecule has 0 aromatic heterocycles. The van der Waals surface area contributed by atoms with Crippen LogP contribution in [0.15, 0.2) is 24.3 Å². The lowest BCUT2D eigenvalue weighted by atomic mass is 10.1. The molecule has 0 heterocycles. The van der Waals surface area contributed by atoms with Gasteiger partial charge in [-0.15, -0.1) is 0 Å². The number of hydrogen-bond acceptors (Lipinski definition) is 1. The molecule has 1 aromatic carbocycles. The van der Waals surface area contributed by atoms with E-state index in [1.54, 1.807) is 31.2 Å². The molecule has 1 unspecified atom stereocenters. The summed E-state index contributed by atoms with van der Waals surface area (Å²) in [6.07, 6.45) is -1.03. The highest BCUT2D eigenvalue weighted by atomic mass is 35.5. The average molecular weight is 200 g/mol. The lowest BCUT2D eigenvalue weighted by Gasteiger charge is -2.11. The van der Waals surface area contributed by atoms with Crippen molar-refractivity contribution < 1.29 is 9.90 Å². The normalized spacial score (nSPS) is 12.2. The standard InChI is InChI=1S/C9H10ClNO2/c1-6(11-9(12)13)7-2-4-8(10)5-3-7/h2-6,11H,1H3,(H,12,13). The van der Waals surface area contributed by atoms with Crippen LogP contribution in [0.1, 0.15) is 18.5 Å². The van der Waals surface area contributed by atoms with Gasteiger partial charge in [0.2, 0.25) is 0 Å². The minimum absolute atomic E-state index is 0.213. The van der Waals surface area contributed by atoms with E-state index in [0.717, 1.165) is 5.56 Å². The molecule has 0 aliphatic carbocycles. The van der Waals surface area contributed by atoms with Gasteiger partial charge in [0.1, 0.15) is 0 Å². The molecule has 3 nitrogen and oxygen atoms in total. The van der Waals surface area contributed by atoms with Crippen LogP contribution in [0.25, 0.3) is 0 Å². The predicted molar refractivity (Wildman–Crippen MR) is 51.0 cm³/mol. The van der Waals surface area contributed by atoms with Crippen LogP contribution < -0.4 is 5.32 Å². The van der Waals surface area contributed by atoms with E-state index in [2.05, 4.69) is 5.32 Å². The Kier molecular flexibility index (Phi) is 3.14. The third-order valence-electron chi connectivity index (χ3n) is 1.71. The van der Waals surface area contributed by atoms with Crippen molar-refractivity contribution in [3.8, 4) is 0 Å².